The number of guanidine groups is 1. The third kappa shape index (κ3) is 6.46. The molecule has 2 aromatic carbocycles. The number of methoxy groups -OCH3 is 2. The predicted molar refractivity (Wildman–Crippen MR) is 108 cm³/mol. The number of amides is 1. The number of aliphatic imine (C=N–C) groups is 1. The van der Waals surface area contributed by atoms with Crippen molar-refractivity contribution >= 4 is 17.6 Å². The van der Waals surface area contributed by atoms with Crippen molar-refractivity contribution in [1.29, 1.82) is 0 Å². The molecule has 0 aromatic heterocycles. The fourth-order valence-corrected chi connectivity index (χ4v) is 2.48. The number of anilines is 1. The summed E-state index contributed by atoms with van der Waals surface area (Å²) in [6, 6.07) is 11.3. The minimum absolute atomic E-state index is 0.0351. The van der Waals surface area contributed by atoms with E-state index in [2.05, 4.69) is 20.9 Å². The lowest BCUT2D eigenvalue weighted by atomic mass is 10.1. The molecule has 150 valence electrons. The van der Waals surface area contributed by atoms with Crippen LogP contribution in [-0.4, -0.2) is 46.2 Å². The number of carbonyl (C=O) groups excluding carboxylic acids is 1. The Kier molecular flexibility index (Phi) is 8.08. The zero-order chi connectivity index (χ0) is 20.4. The number of carbonyl (C=O) groups is 1. The molecule has 0 unspecified atom stereocenters. The first-order chi connectivity index (χ1) is 13.5. The van der Waals surface area contributed by atoms with Crippen molar-refractivity contribution in [1.82, 2.24) is 10.6 Å². The highest BCUT2D eigenvalue weighted by molar-refractivity contribution is 5.94. The summed E-state index contributed by atoms with van der Waals surface area (Å²) in [5.74, 6) is 1.27. The lowest BCUT2D eigenvalue weighted by Gasteiger charge is -2.13. The standard InChI is InChI=1S/C20H25FN4O3/c1-22-20(24-13-19(26)25-16-7-5-15(21)6-8-16)23-11-10-14-4-9-17(27-2)18(12-14)28-3/h4-9,12H,10-11,13H2,1-3H3,(H,25,26)(H2,22,23,24). The summed E-state index contributed by atoms with van der Waals surface area (Å²) in [5.41, 5.74) is 1.61. The molecule has 0 aliphatic heterocycles. The fourth-order valence-electron chi connectivity index (χ4n) is 2.48. The lowest BCUT2D eigenvalue weighted by Crippen LogP contribution is -2.42. The third-order valence-corrected chi connectivity index (χ3v) is 3.92. The van der Waals surface area contributed by atoms with E-state index in [1.165, 1.54) is 24.3 Å². The van der Waals surface area contributed by atoms with Crippen LogP contribution in [0.15, 0.2) is 47.5 Å². The van der Waals surface area contributed by atoms with Crippen LogP contribution in [-0.2, 0) is 11.2 Å². The van der Waals surface area contributed by atoms with E-state index in [1.807, 2.05) is 18.2 Å². The van der Waals surface area contributed by atoms with E-state index < -0.39 is 0 Å². The van der Waals surface area contributed by atoms with Crippen LogP contribution < -0.4 is 25.4 Å². The zero-order valence-electron chi connectivity index (χ0n) is 16.2. The van der Waals surface area contributed by atoms with Gasteiger partial charge in [0, 0.05) is 19.3 Å². The van der Waals surface area contributed by atoms with Crippen LogP contribution >= 0.6 is 0 Å². The molecule has 0 bridgehead atoms. The number of hydrogen-bond donors (Lipinski definition) is 3. The van der Waals surface area contributed by atoms with Gasteiger partial charge < -0.3 is 25.4 Å². The van der Waals surface area contributed by atoms with Crippen LogP contribution in [0.3, 0.4) is 0 Å². The number of ether oxygens (including phenoxy) is 2. The maximum Gasteiger partial charge on any atom is 0.243 e. The van der Waals surface area contributed by atoms with Crippen molar-refractivity contribution in [2.24, 2.45) is 4.99 Å². The van der Waals surface area contributed by atoms with Crippen LogP contribution in [0.25, 0.3) is 0 Å². The Morgan fingerprint density at radius 1 is 1.04 bits per heavy atom. The molecule has 0 atom stereocenters. The molecular formula is C20H25FN4O3. The number of rotatable bonds is 8. The molecule has 0 radical (unpaired) electrons. The molecule has 7 nitrogen and oxygen atoms in total. The second-order valence-electron chi connectivity index (χ2n) is 5.85. The van der Waals surface area contributed by atoms with Crippen molar-refractivity contribution in [3.8, 4) is 11.5 Å². The van der Waals surface area contributed by atoms with E-state index >= 15 is 0 Å². The minimum Gasteiger partial charge on any atom is -0.493 e. The Bertz CT molecular complexity index is 810. The van der Waals surface area contributed by atoms with Gasteiger partial charge in [-0.25, -0.2) is 4.39 Å². The monoisotopic (exact) mass is 388 g/mol. The van der Waals surface area contributed by atoms with E-state index in [0.29, 0.717) is 29.7 Å². The molecule has 0 spiro atoms. The maximum atomic E-state index is 12.9. The smallest absolute Gasteiger partial charge is 0.243 e. The van der Waals surface area contributed by atoms with Crippen molar-refractivity contribution in [2.45, 2.75) is 6.42 Å². The highest BCUT2D eigenvalue weighted by Crippen LogP contribution is 2.27. The molecule has 0 saturated heterocycles. The van der Waals surface area contributed by atoms with Gasteiger partial charge in [0.15, 0.2) is 17.5 Å². The lowest BCUT2D eigenvalue weighted by molar-refractivity contribution is -0.115. The van der Waals surface area contributed by atoms with Crippen molar-refractivity contribution in [3.63, 3.8) is 0 Å². The van der Waals surface area contributed by atoms with Crippen LogP contribution in [0, 0.1) is 5.82 Å². The minimum atomic E-state index is -0.352. The number of nitrogens with one attached hydrogen (secondary N) is 3. The summed E-state index contributed by atoms with van der Waals surface area (Å²) in [6.07, 6.45) is 0.739. The normalized spacial score (nSPS) is 10.9. The Morgan fingerprint density at radius 3 is 2.39 bits per heavy atom. The first kappa shape index (κ1) is 21.0. The van der Waals surface area contributed by atoms with Crippen LogP contribution in [0.1, 0.15) is 5.56 Å². The van der Waals surface area contributed by atoms with E-state index in [1.54, 1.807) is 21.3 Å². The fraction of sp³-hybridized carbons (Fsp3) is 0.300. The second-order valence-corrected chi connectivity index (χ2v) is 5.85. The molecule has 2 aromatic rings. The summed E-state index contributed by atoms with van der Waals surface area (Å²) in [5, 5.41) is 8.76. The molecule has 28 heavy (non-hydrogen) atoms. The molecule has 0 aliphatic rings. The topological polar surface area (TPSA) is 84.0 Å². The third-order valence-electron chi connectivity index (χ3n) is 3.92. The highest BCUT2D eigenvalue weighted by atomic mass is 19.1. The molecule has 8 heteroatoms. The Balaban J connectivity index is 1.76. The molecule has 0 fully saturated rings. The predicted octanol–water partition coefficient (Wildman–Crippen LogP) is 2.19. The SMILES string of the molecule is CN=C(NCCc1ccc(OC)c(OC)c1)NCC(=O)Nc1ccc(F)cc1. The van der Waals surface area contributed by atoms with E-state index in [-0.39, 0.29) is 18.3 Å². The zero-order valence-corrected chi connectivity index (χ0v) is 16.2. The molecule has 2 rings (SSSR count). The largest absolute Gasteiger partial charge is 0.493 e. The molecular weight excluding hydrogens is 363 g/mol. The number of benzene rings is 2. The maximum absolute atomic E-state index is 12.9. The molecule has 1 amide bonds. The van der Waals surface area contributed by atoms with Gasteiger partial charge in [-0.1, -0.05) is 6.07 Å². The van der Waals surface area contributed by atoms with E-state index in [9.17, 15) is 9.18 Å². The van der Waals surface area contributed by atoms with Gasteiger partial charge in [0.25, 0.3) is 0 Å². The number of hydrogen-bond acceptors (Lipinski definition) is 4. The van der Waals surface area contributed by atoms with Gasteiger partial charge in [0.1, 0.15) is 5.82 Å². The second kappa shape index (κ2) is 10.8. The molecule has 3 N–H and O–H groups in total. The first-order valence-corrected chi connectivity index (χ1v) is 8.76. The molecule has 0 heterocycles. The van der Waals surface area contributed by atoms with Crippen molar-refractivity contribution in [3.05, 3.63) is 53.8 Å². The van der Waals surface area contributed by atoms with Crippen LogP contribution in [0.2, 0.25) is 0 Å². The van der Waals surface area contributed by atoms with Gasteiger partial charge in [-0.2, -0.15) is 0 Å². The summed E-state index contributed by atoms with van der Waals surface area (Å²) in [4.78, 5) is 16.1. The summed E-state index contributed by atoms with van der Waals surface area (Å²) >= 11 is 0. The number of halogens is 1. The van der Waals surface area contributed by atoms with Crippen LogP contribution in [0.5, 0.6) is 11.5 Å². The average molecular weight is 388 g/mol. The summed E-state index contributed by atoms with van der Waals surface area (Å²) in [6.45, 7) is 0.655. The quantitative estimate of drug-likeness (QED) is 0.477. The van der Waals surface area contributed by atoms with Gasteiger partial charge in [-0.15, -0.1) is 0 Å². The summed E-state index contributed by atoms with van der Waals surface area (Å²) < 4.78 is 23.4. The van der Waals surface area contributed by atoms with E-state index in [0.717, 1.165) is 12.0 Å². The van der Waals surface area contributed by atoms with Gasteiger partial charge in [-0.05, 0) is 48.4 Å². The average Bonchev–Trinajstić information content (AvgIpc) is 2.72. The summed E-state index contributed by atoms with van der Waals surface area (Å²) in [7, 11) is 4.83. The van der Waals surface area contributed by atoms with Gasteiger partial charge in [-0.3, -0.25) is 9.79 Å². The van der Waals surface area contributed by atoms with Crippen molar-refractivity contribution in [2.75, 3.05) is 39.7 Å². The van der Waals surface area contributed by atoms with Crippen molar-refractivity contribution < 1.29 is 18.7 Å². The highest BCUT2D eigenvalue weighted by Gasteiger charge is 2.06. The molecule has 0 aliphatic carbocycles. The Labute approximate surface area is 164 Å². The Hall–Kier alpha value is -3.29. The van der Waals surface area contributed by atoms with Gasteiger partial charge in [0.2, 0.25) is 5.91 Å². The Morgan fingerprint density at radius 2 is 1.75 bits per heavy atom. The first-order valence-electron chi connectivity index (χ1n) is 8.76. The number of nitrogens with zero attached hydrogens (tertiary/aromatic N) is 1. The molecule has 0 saturated carbocycles. The van der Waals surface area contributed by atoms with Gasteiger partial charge >= 0.3 is 0 Å². The van der Waals surface area contributed by atoms with Crippen LogP contribution in [0.4, 0.5) is 10.1 Å². The van der Waals surface area contributed by atoms with Gasteiger partial charge in [0.05, 0.1) is 20.8 Å². The van der Waals surface area contributed by atoms with E-state index in [4.69, 9.17) is 9.47 Å².